The Kier molecular flexibility index (Phi) is 6.49. The van der Waals surface area contributed by atoms with Crippen molar-refractivity contribution in [1.82, 2.24) is 5.43 Å². The van der Waals surface area contributed by atoms with E-state index in [0.29, 0.717) is 40.5 Å². The average Bonchev–Trinajstić information content (AvgIpc) is 3.29. The Morgan fingerprint density at radius 3 is 2.58 bits per heavy atom. The summed E-state index contributed by atoms with van der Waals surface area (Å²) in [6.07, 6.45) is 0.350. The third-order valence-corrected chi connectivity index (χ3v) is 5.42. The van der Waals surface area contributed by atoms with Gasteiger partial charge in [0, 0.05) is 23.6 Å². The predicted octanol–water partition coefficient (Wildman–Crippen LogP) is 4.63. The topological polar surface area (TPSA) is 89.4 Å². The fraction of sp³-hybridized carbons (Fsp3) is 0.231. The molecule has 0 bridgehead atoms. The summed E-state index contributed by atoms with van der Waals surface area (Å²) in [4.78, 5) is 12.6. The number of aromatic hydroxyl groups is 1. The number of carbonyl (C=O) groups is 1. The summed E-state index contributed by atoms with van der Waals surface area (Å²) in [5.74, 6) is 1.78. The Balaban J connectivity index is 1.72. The largest absolute Gasteiger partial charge is 0.507 e. The van der Waals surface area contributed by atoms with E-state index in [4.69, 9.17) is 14.2 Å². The van der Waals surface area contributed by atoms with Gasteiger partial charge in [-0.2, -0.15) is 5.10 Å². The summed E-state index contributed by atoms with van der Waals surface area (Å²) in [5.41, 5.74) is 5.96. The molecule has 0 spiro atoms. The minimum absolute atomic E-state index is 0.0182. The molecule has 7 nitrogen and oxygen atoms in total. The highest BCUT2D eigenvalue weighted by Gasteiger charge is 2.19. The normalized spacial score (nSPS) is 12.7. The van der Waals surface area contributed by atoms with E-state index in [-0.39, 0.29) is 24.4 Å². The number of hydrogen-bond acceptors (Lipinski definition) is 6. The second kappa shape index (κ2) is 9.65. The van der Waals surface area contributed by atoms with Gasteiger partial charge >= 0.3 is 0 Å². The summed E-state index contributed by atoms with van der Waals surface area (Å²) in [6, 6.07) is 17.9. The first-order valence-electron chi connectivity index (χ1n) is 10.7. The summed E-state index contributed by atoms with van der Waals surface area (Å²) in [6.45, 7) is 4.28. The van der Waals surface area contributed by atoms with Crippen molar-refractivity contribution in [2.24, 2.45) is 5.10 Å². The van der Waals surface area contributed by atoms with Gasteiger partial charge in [-0.3, -0.25) is 4.79 Å². The highest BCUT2D eigenvalue weighted by molar-refractivity contribution is 6.05. The van der Waals surface area contributed by atoms with Gasteiger partial charge in [0.25, 0.3) is 5.91 Å². The number of phenols is 1. The number of carbonyl (C=O) groups excluding carboxylic acids is 1. The van der Waals surface area contributed by atoms with Gasteiger partial charge in [-0.05, 0) is 47.4 Å². The van der Waals surface area contributed by atoms with Gasteiger partial charge in [-0.25, -0.2) is 5.43 Å². The van der Waals surface area contributed by atoms with Crippen LogP contribution in [0.25, 0.3) is 0 Å². The first-order valence-corrected chi connectivity index (χ1v) is 10.7. The van der Waals surface area contributed by atoms with Crippen LogP contribution in [0, 0.1) is 0 Å². The molecule has 0 aliphatic carbocycles. The van der Waals surface area contributed by atoms with E-state index in [1.54, 1.807) is 37.4 Å². The van der Waals surface area contributed by atoms with Crippen LogP contribution in [0.2, 0.25) is 0 Å². The molecular weight excluding hydrogens is 420 g/mol. The number of nitrogens with one attached hydrogen (secondary N) is 1. The monoisotopic (exact) mass is 446 g/mol. The third-order valence-electron chi connectivity index (χ3n) is 5.42. The van der Waals surface area contributed by atoms with E-state index in [9.17, 15) is 9.90 Å². The maximum absolute atomic E-state index is 12.6. The number of nitrogens with zero attached hydrogens (tertiary/aromatic N) is 1. The molecule has 1 aliphatic rings. The van der Waals surface area contributed by atoms with Gasteiger partial charge in [0.2, 0.25) is 6.79 Å². The standard InChI is InChI=1S/C26H26N2O5/c1-16(2)19-13-20(22(29)14-24(19)31-3)21(27-28-26(30)18-7-5-4-6-8-18)11-17-9-10-23-25(12-17)33-15-32-23/h4-10,12-14,16,29H,11,15H2,1-3H3,(H,28,30)/b27-21-. The lowest BCUT2D eigenvalue weighted by molar-refractivity contribution is 0.0954. The average molecular weight is 447 g/mol. The number of rotatable bonds is 7. The van der Waals surface area contributed by atoms with Crippen molar-refractivity contribution in [3.05, 3.63) is 82.9 Å². The lowest BCUT2D eigenvalue weighted by atomic mass is 9.94. The first-order chi connectivity index (χ1) is 16.0. The van der Waals surface area contributed by atoms with Crippen LogP contribution in [0.4, 0.5) is 0 Å². The number of ether oxygens (including phenoxy) is 3. The zero-order valence-corrected chi connectivity index (χ0v) is 18.8. The second-order valence-electron chi connectivity index (χ2n) is 8.00. The van der Waals surface area contributed by atoms with Gasteiger partial charge in [-0.15, -0.1) is 0 Å². The molecule has 0 atom stereocenters. The van der Waals surface area contributed by atoms with Crippen LogP contribution in [0.15, 0.2) is 65.8 Å². The van der Waals surface area contributed by atoms with E-state index < -0.39 is 0 Å². The summed E-state index contributed by atoms with van der Waals surface area (Å²) in [5, 5.41) is 15.2. The molecule has 170 valence electrons. The fourth-order valence-electron chi connectivity index (χ4n) is 3.66. The fourth-order valence-corrected chi connectivity index (χ4v) is 3.66. The molecule has 3 aromatic rings. The van der Waals surface area contributed by atoms with E-state index in [0.717, 1.165) is 11.1 Å². The molecule has 1 amide bonds. The molecule has 4 rings (SSSR count). The number of hydrogen-bond donors (Lipinski definition) is 2. The molecule has 33 heavy (non-hydrogen) atoms. The number of fused-ring (bicyclic) bond motifs is 1. The molecule has 1 aliphatic heterocycles. The molecule has 0 saturated heterocycles. The van der Waals surface area contributed by atoms with Gasteiger partial charge in [0.15, 0.2) is 11.5 Å². The molecule has 0 fully saturated rings. The highest BCUT2D eigenvalue weighted by Crippen LogP contribution is 2.35. The van der Waals surface area contributed by atoms with Crippen LogP contribution in [0.1, 0.15) is 46.8 Å². The van der Waals surface area contributed by atoms with Gasteiger partial charge in [0.05, 0.1) is 12.8 Å². The van der Waals surface area contributed by atoms with Crippen molar-refractivity contribution < 1.29 is 24.1 Å². The van der Waals surface area contributed by atoms with E-state index in [2.05, 4.69) is 10.5 Å². The summed E-state index contributed by atoms with van der Waals surface area (Å²) >= 11 is 0. The van der Waals surface area contributed by atoms with Gasteiger partial charge in [0.1, 0.15) is 11.5 Å². The molecule has 7 heteroatoms. The van der Waals surface area contributed by atoms with E-state index in [1.807, 2.05) is 44.2 Å². The van der Waals surface area contributed by atoms with Crippen LogP contribution in [0.5, 0.6) is 23.0 Å². The van der Waals surface area contributed by atoms with Crippen LogP contribution in [0.3, 0.4) is 0 Å². The minimum Gasteiger partial charge on any atom is -0.507 e. The Morgan fingerprint density at radius 1 is 1.09 bits per heavy atom. The highest BCUT2D eigenvalue weighted by atomic mass is 16.7. The summed E-state index contributed by atoms with van der Waals surface area (Å²) < 4.78 is 16.3. The zero-order valence-electron chi connectivity index (χ0n) is 18.8. The van der Waals surface area contributed by atoms with Crippen molar-refractivity contribution in [2.45, 2.75) is 26.2 Å². The Bertz CT molecular complexity index is 1190. The van der Waals surface area contributed by atoms with Gasteiger partial charge < -0.3 is 19.3 Å². The Labute approximate surface area is 192 Å². The molecule has 0 radical (unpaired) electrons. The number of amides is 1. The Morgan fingerprint density at radius 2 is 1.85 bits per heavy atom. The molecule has 0 aromatic heterocycles. The Hall–Kier alpha value is -4.00. The number of phenolic OH excluding ortho intramolecular Hbond substituents is 1. The van der Waals surface area contributed by atoms with Gasteiger partial charge in [-0.1, -0.05) is 38.1 Å². The number of hydrazone groups is 1. The molecule has 0 unspecified atom stereocenters. The van der Waals surface area contributed by atoms with Crippen LogP contribution < -0.4 is 19.6 Å². The molecule has 2 N–H and O–H groups in total. The quantitative estimate of drug-likeness (QED) is 0.408. The maximum Gasteiger partial charge on any atom is 0.271 e. The third kappa shape index (κ3) is 4.92. The van der Waals surface area contributed by atoms with Crippen molar-refractivity contribution in [3.63, 3.8) is 0 Å². The van der Waals surface area contributed by atoms with Crippen molar-refractivity contribution in [3.8, 4) is 23.0 Å². The van der Waals surface area contributed by atoms with Crippen LogP contribution in [-0.2, 0) is 6.42 Å². The van der Waals surface area contributed by atoms with Crippen LogP contribution >= 0.6 is 0 Å². The summed E-state index contributed by atoms with van der Waals surface area (Å²) in [7, 11) is 1.57. The van der Waals surface area contributed by atoms with E-state index in [1.165, 1.54) is 0 Å². The van der Waals surface area contributed by atoms with Crippen LogP contribution in [-0.4, -0.2) is 30.6 Å². The zero-order chi connectivity index (χ0) is 23.4. The molecular formula is C26H26N2O5. The van der Waals surface area contributed by atoms with Crippen molar-refractivity contribution in [1.29, 1.82) is 0 Å². The minimum atomic E-state index is -0.337. The van der Waals surface area contributed by atoms with E-state index >= 15 is 0 Å². The van der Waals surface area contributed by atoms with Crippen molar-refractivity contribution >= 4 is 11.6 Å². The predicted molar refractivity (Wildman–Crippen MR) is 125 cm³/mol. The molecule has 0 saturated carbocycles. The lowest BCUT2D eigenvalue weighted by Gasteiger charge is -2.17. The smallest absolute Gasteiger partial charge is 0.271 e. The number of benzene rings is 3. The maximum atomic E-state index is 12.6. The first kappa shape index (κ1) is 22.2. The number of methoxy groups -OCH3 is 1. The molecule has 3 aromatic carbocycles. The molecule has 1 heterocycles. The second-order valence-corrected chi connectivity index (χ2v) is 8.00. The lowest BCUT2D eigenvalue weighted by Crippen LogP contribution is -2.21. The SMILES string of the molecule is COc1cc(O)c(/C(Cc2ccc3c(c2)OCO3)=N\NC(=O)c2ccccc2)cc1C(C)C. The van der Waals surface area contributed by atoms with Crippen molar-refractivity contribution in [2.75, 3.05) is 13.9 Å².